The molecule has 2 heterocycles. The van der Waals surface area contributed by atoms with Crippen LogP contribution in [0.2, 0.25) is 0 Å². The fourth-order valence-electron chi connectivity index (χ4n) is 3.37. The van der Waals surface area contributed by atoms with Crippen molar-refractivity contribution in [1.29, 1.82) is 0 Å². The molecule has 27 heavy (non-hydrogen) atoms. The van der Waals surface area contributed by atoms with Crippen molar-refractivity contribution in [3.05, 3.63) is 60.2 Å². The molecule has 6 heteroatoms. The molecule has 1 aliphatic rings. The number of likely N-dealkylation sites (tertiary alicyclic amines) is 1. The van der Waals surface area contributed by atoms with Crippen molar-refractivity contribution in [2.45, 2.75) is 31.0 Å². The molecule has 0 N–H and O–H groups in total. The van der Waals surface area contributed by atoms with E-state index in [4.69, 9.17) is 4.98 Å². The minimum atomic E-state index is -0.0572. The number of fused-ring (bicyclic) bond motifs is 1. The Morgan fingerprint density at radius 1 is 0.889 bits per heavy atom. The van der Waals surface area contributed by atoms with E-state index >= 15 is 0 Å². The summed E-state index contributed by atoms with van der Waals surface area (Å²) in [5, 5.41) is 0.936. The monoisotopic (exact) mass is 379 g/mol. The lowest BCUT2D eigenvalue weighted by Gasteiger charge is -2.13. The molecule has 0 unspecified atom stereocenters. The molecular weight excluding hydrogens is 358 g/mol. The third-order valence-corrected chi connectivity index (χ3v) is 5.74. The van der Waals surface area contributed by atoms with Gasteiger partial charge in [0, 0.05) is 31.7 Å². The summed E-state index contributed by atoms with van der Waals surface area (Å²) in [5.41, 5.74) is 3.38. The molecule has 0 radical (unpaired) electrons. The molecule has 2 amide bonds. The number of carbonyl (C=O) groups excluding carboxylic acids is 2. The molecule has 0 spiro atoms. The fraction of sp³-hybridized carbons (Fsp3) is 0.286. The van der Waals surface area contributed by atoms with Crippen LogP contribution in [0.25, 0.3) is 11.0 Å². The molecule has 1 aromatic heterocycles. The topological polar surface area (TPSA) is 55.2 Å². The summed E-state index contributed by atoms with van der Waals surface area (Å²) in [7, 11) is 0. The predicted octanol–water partition coefficient (Wildman–Crippen LogP) is 3.52. The number of hydrogen-bond donors (Lipinski definition) is 0. The van der Waals surface area contributed by atoms with E-state index in [2.05, 4.69) is 34.9 Å². The average molecular weight is 379 g/mol. The van der Waals surface area contributed by atoms with Crippen LogP contribution in [0.5, 0.6) is 0 Å². The SMILES string of the molecule is O=C1CCC(=O)N1CCSc1nc2ccccc2n1CCc1ccccc1. The molecule has 1 fully saturated rings. The molecule has 0 atom stereocenters. The highest BCUT2D eigenvalue weighted by molar-refractivity contribution is 7.99. The van der Waals surface area contributed by atoms with Crippen molar-refractivity contribution < 1.29 is 9.59 Å². The van der Waals surface area contributed by atoms with Crippen LogP contribution < -0.4 is 0 Å². The van der Waals surface area contributed by atoms with Gasteiger partial charge >= 0.3 is 0 Å². The fourth-order valence-corrected chi connectivity index (χ4v) is 4.33. The second kappa shape index (κ2) is 7.96. The summed E-state index contributed by atoms with van der Waals surface area (Å²) in [4.78, 5) is 29.7. The summed E-state index contributed by atoms with van der Waals surface area (Å²) in [6.45, 7) is 1.29. The van der Waals surface area contributed by atoms with Crippen LogP contribution in [0.3, 0.4) is 0 Å². The Labute approximate surface area is 162 Å². The smallest absolute Gasteiger partial charge is 0.229 e. The van der Waals surface area contributed by atoms with Gasteiger partial charge in [0.15, 0.2) is 5.16 Å². The number of benzene rings is 2. The maximum atomic E-state index is 11.8. The Morgan fingerprint density at radius 2 is 1.59 bits per heavy atom. The van der Waals surface area contributed by atoms with Gasteiger partial charge in [-0.25, -0.2) is 4.98 Å². The lowest BCUT2D eigenvalue weighted by molar-refractivity contribution is -0.137. The number of carbonyl (C=O) groups is 2. The van der Waals surface area contributed by atoms with E-state index in [9.17, 15) is 9.59 Å². The first kappa shape index (κ1) is 17.8. The number of para-hydroxylation sites is 2. The highest BCUT2D eigenvalue weighted by Crippen LogP contribution is 2.25. The first-order chi connectivity index (χ1) is 13.2. The number of nitrogens with zero attached hydrogens (tertiary/aromatic N) is 3. The minimum Gasteiger partial charge on any atom is -0.319 e. The van der Waals surface area contributed by atoms with E-state index in [1.165, 1.54) is 10.5 Å². The number of rotatable bonds is 7. The van der Waals surface area contributed by atoms with Gasteiger partial charge < -0.3 is 4.57 Å². The Morgan fingerprint density at radius 3 is 2.37 bits per heavy atom. The second-order valence-electron chi connectivity index (χ2n) is 6.56. The third-order valence-electron chi connectivity index (χ3n) is 4.79. The number of imide groups is 1. The van der Waals surface area contributed by atoms with Crippen LogP contribution >= 0.6 is 11.8 Å². The number of aromatic nitrogens is 2. The molecule has 5 nitrogen and oxygen atoms in total. The van der Waals surface area contributed by atoms with Gasteiger partial charge in [-0.3, -0.25) is 14.5 Å². The molecule has 2 aromatic carbocycles. The van der Waals surface area contributed by atoms with Gasteiger partial charge in [-0.1, -0.05) is 54.2 Å². The van der Waals surface area contributed by atoms with Crippen molar-refractivity contribution in [3.8, 4) is 0 Å². The Bertz CT molecular complexity index is 952. The molecular formula is C21H21N3O2S. The Kier molecular flexibility index (Phi) is 5.25. The number of amides is 2. The van der Waals surface area contributed by atoms with Gasteiger partial charge in [0.1, 0.15) is 0 Å². The van der Waals surface area contributed by atoms with E-state index in [0.717, 1.165) is 29.2 Å². The zero-order valence-electron chi connectivity index (χ0n) is 15.0. The number of aryl methyl sites for hydroxylation is 2. The minimum absolute atomic E-state index is 0.0572. The van der Waals surface area contributed by atoms with Crippen LogP contribution in [0.4, 0.5) is 0 Å². The maximum absolute atomic E-state index is 11.8. The van der Waals surface area contributed by atoms with Gasteiger partial charge in [-0.2, -0.15) is 0 Å². The zero-order valence-corrected chi connectivity index (χ0v) is 15.8. The van der Waals surface area contributed by atoms with Gasteiger partial charge in [-0.05, 0) is 24.1 Å². The molecule has 3 aromatic rings. The molecule has 1 saturated heterocycles. The van der Waals surface area contributed by atoms with Gasteiger partial charge in [0.2, 0.25) is 11.8 Å². The first-order valence-electron chi connectivity index (χ1n) is 9.17. The molecule has 138 valence electrons. The van der Waals surface area contributed by atoms with Crippen LogP contribution in [0.1, 0.15) is 18.4 Å². The van der Waals surface area contributed by atoms with E-state index in [0.29, 0.717) is 25.1 Å². The summed E-state index contributed by atoms with van der Waals surface area (Å²) in [5.74, 6) is 0.544. The van der Waals surface area contributed by atoms with Crippen molar-refractivity contribution in [1.82, 2.24) is 14.5 Å². The van der Waals surface area contributed by atoms with Crippen LogP contribution in [0, 0.1) is 0 Å². The standard InChI is InChI=1S/C21H21N3O2S/c25-19-10-11-20(26)24(19)14-15-27-21-22-17-8-4-5-9-18(17)23(21)13-12-16-6-2-1-3-7-16/h1-9H,10-15H2. The van der Waals surface area contributed by atoms with Crippen LogP contribution in [0.15, 0.2) is 59.8 Å². The van der Waals surface area contributed by atoms with Gasteiger partial charge in [-0.15, -0.1) is 0 Å². The summed E-state index contributed by atoms with van der Waals surface area (Å²) in [6, 6.07) is 18.5. The lowest BCUT2D eigenvalue weighted by Crippen LogP contribution is -2.31. The largest absolute Gasteiger partial charge is 0.319 e. The van der Waals surface area contributed by atoms with Gasteiger partial charge in [0.05, 0.1) is 11.0 Å². The van der Waals surface area contributed by atoms with Crippen LogP contribution in [-0.2, 0) is 22.6 Å². The first-order valence-corrected chi connectivity index (χ1v) is 10.2. The predicted molar refractivity (Wildman–Crippen MR) is 107 cm³/mol. The molecule has 4 rings (SSSR count). The number of thioether (sulfide) groups is 1. The molecule has 0 bridgehead atoms. The normalized spacial score (nSPS) is 14.4. The van der Waals surface area contributed by atoms with E-state index < -0.39 is 0 Å². The highest BCUT2D eigenvalue weighted by atomic mass is 32.2. The Balaban J connectivity index is 1.49. The zero-order chi connectivity index (χ0) is 18.6. The Hall–Kier alpha value is -2.60. The van der Waals surface area contributed by atoms with E-state index in [1.54, 1.807) is 11.8 Å². The summed E-state index contributed by atoms with van der Waals surface area (Å²) >= 11 is 1.60. The van der Waals surface area contributed by atoms with E-state index in [-0.39, 0.29) is 11.8 Å². The third kappa shape index (κ3) is 3.90. The molecule has 1 aliphatic heterocycles. The van der Waals surface area contributed by atoms with Crippen LogP contribution in [-0.4, -0.2) is 38.6 Å². The van der Waals surface area contributed by atoms with Crippen molar-refractivity contribution in [3.63, 3.8) is 0 Å². The van der Waals surface area contributed by atoms with Gasteiger partial charge in [0.25, 0.3) is 0 Å². The van der Waals surface area contributed by atoms with Crippen molar-refractivity contribution >= 4 is 34.6 Å². The van der Waals surface area contributed by atoms with E-state index in [1.807, 2.05) is 24.3 Å². The second-order valence-corrected chi connectivity index (χ2v) is 7.62. The highest BCUT2D eigenvalue weighted by Gasteiger charge is 2.28. The quantitative estimate of drug-likeness (QED) is 0.466. The number of hydrogen-bond acceptors (Lipinski definition) is 4. The molecule has 0 aliphatic carbocycles. The van der Waals surface area contributed by atoms with Crippen molar-refractivity contribution in [2.24, 2.45) is 0 Å². The summed E-state index contributed by atoms with van der Waals surface area (Å²) in [6.07, 6.45) is 1.62. The average Bonchev–Trinajstić information content (AvgIpc) is 3.21. The molecule has 0 saturated carbocycles. The van der Waals surface area contributed by atoms with Crippen molar-refractivity contribution in [2.75, 3.05) is 12.3 Å². The summed E-state index contributed by atoms with van der Waals surface area (Å²) < 4.78 is 2.24. The maximum Gasteiger partial charge on any atom is 0.229 e. The lowest BCUT2D eigenvalue weighted by atomic mass is 10.1. The number of imidazole rings is 1.